The number of ether oxygens (including phenoxy) is 2. The van der Waals surface area contributed by atoms with Gasteiger partial charge in [-0.25, -0.2) is 5.43 Å². The Morgan fingerprint density at radius 3 is 2.45 bits per heavy atom. The number of allylic oxidation sites excluding steroid dienone is 1. The van der Waals surface area contributed by atoms with Crippen molar-refractivity contribution < 1.29 is 9.47 Å². The predicted molar refractivity (Wildman–Crippen MR) is 131 cm³/mol. The molecule has 170 valence electrons. The Kier molecular flexibility index (Phi) is 7.44. The van der Waals surface area contributed by atoms with E-state index in [1.54, 1.807) is 13.3 Å². The van der Waals surface area contributed by atoms with Crippen molar-refractivity contribution in [2.24, 2.45) is 5.10 Å². The summed E-state index contributed by atoms with van der Waals surface area (Å²) in [5, 5.41) is 7.54. The fourth-order valence-electron chi connectivity index (χ4n) is 3.22. The van der Waals surface area contributed by atoms with Crippen molar-refractivity contribution in [3.8, 4) is 5.75 Å². The van der Waals surface area contributed by atoms with E-state index in [-0.39, 0.29) is 0 Å². The zero-order chi connectivity index (χ0) is 22.9. The van der Waals surface area contributed by atoms with E-state index < -0.39 is 0 Å². The zero-order valence-electron chi connectivity index (χ0n) is 18.7. The minimum atomic E-state index is 0.353. The van der Waals surface area contributed by atoms with Crippen LogP contribution >= 0.6 is 0 Å². The second kappa shape index (κ2) is 11.1. The maximum atomic E-state index is 5.45. The highest BCUT2D eigenvalue weighted by molar-refractivity contribution is 5.85. The van der Waals surface area contributed by atoms with Gasteiger partial charge in [0.05, 0.1) is 26.5 Å². The van der Waals surface area contributed by atoms with Gasteiger partial charge in [0.25, 0.3) is 0 Å². The molecule has 0 unspecified atom stereocenters. The SMILES string of the molecule is COc1ccc(Nc2nc(N/N=C/C(C)=C/c3ccccc3)nc(N3CCOCC3)n2)cc1. The van der Waals surface area contributed by atoms with Gasteiger partial charge in [0.2, 0.25) is 17.8 Å². The summed E-state index contributed by atoms with van der Waals surface area (Å²) in [7, 11) is 1.64. The predicted octanol–water partition coefficient (Wildman–Crippen LogP) is 3.96. The normalized spacial score (nSPS) is 14.4. The molecule has 0 aliphatic carbocycles. The number of hydrazone groups is 1. The lowest BCUT2D eigenvalue weighted by molar-refractivity contribution is 0.122. The third kappa shape index (κ3) is 6.50. The van der Waals surface area contributed by atoms with E-state index in [4.69, 9.17) is 9.47 Å². The number of aromatic nitrogens is 3. The fraction of sp³-hybridized carbons (Fsp3) is 0.250. The number of benzene rings is 2. The molecule has 2 heterocycles. The van der Waals surface area contributed by atoms with Crippen LogP contribution in [0, 0.1) is 0 Å². The molecule has 2 N–H and O–H groups in total. The first-order valence-electron chi connectivity index (χ1n) is 10.7. The molecule has 0 bridgehead atoms. The number of nitrogens with one attached hydrogen (secondary N) is 2. The molecule has 2 aromatic carbocycles. The fourth-order valence-corrected chi connectivity index (χ4v) is 3.22. The molecule has 4 rings (SSSR count). The summed E-state index contributed by atoms with van der Waals surface area (Å²) in [6, 6.07) is 17.6. The topological polar surface area (TPSA) is 96.8 Å². The van der Waals surface area contributed by atoms with Gasteiger partial charge in [-0.15, -0.1) is 0 Å². The summed E-state index contributed by atoms with van der Waals surface area (Å²) >= 11 is 0. The Hall–Kier alpha value is -3.98. The lowest BCUT2D eigenvalue weighted by Crippen LogP contribution is -2.37. The van der Waals surface area contributed by atoms with Gasteiger partial charge >= 0.3 is 0 Å². The Balaban J connectivity index is 1.52. The number of hydrogen-bond acceptors (Lipinski definition) is 9. The van der Waals surface area contributed by atoms with E-state index in [0.717, 1.165) is 22.6 Å². The molecule has 0 amide bonds. The highest BCUT2D eigenvalue weighted by Crippen LogP contribution is 2.21. The van der Waals surface area contributed by atoms with Crippen LogP contribution in [0.3, 0.4) is 0 Å². The molecule has 1 aliphatic rings. The van der Waals surface area contributed by atoms with Crippen molar-refractivity contribution >= 4 is 35.8 Å². The van der Waals surface area contributed by atoms with Crippen molar-refractivity contribution in [1.29, 1.82) is 0 Å². The van der Waals surface area contributed by atoms with Gasteiger partial charge < -0.3 is 19.7 Å². The van der Waals surface area contributed by atoms with Gasteiger partial charge in [-0.3, -0.25) is 0 Å². The van der Waals surface area contributed by atoms with Crippen LogP contribution in [-0.4, -0.2) is 54.6 Å². The van der Waals surface area contributed by atoms with E-state index in [1.165, 1.54) is 0 Å². The number of nitrogens with zero attached hydrogens (tertiary/aromatic N) is 5. The molecule has 0 spiro atoms. The summed E-state index contributed by atoms with van der Waals surface area (Å²) < 4.78 is 10.7. The molecule has 0 radical (unpaired) electrons. The van der Waals surface area contributed by atoms with Crippen LogP contribution in [0.4, 0.5) is 23.5 Å². The summed E-state index contributed by atoms with van der Waals surface area (Å²) in [4.78, 5) is 15.7. The molecular formula is C24H27N7O2. The van der Waals surface area contributed by atoms with Crippen LogP contribution < -0.4 is 20.4 Å². The van der Waals surface area contributed by atoms with Crippen molar-refractivity contribution in [3.05, 3.63) is 65.7 Å². The maximum absolute atomic E-state index is 5.45. The first kappa shape index (κ1) is 22.2. The quantitative estimate of drug-likeness (QED) is 0.397. The lowest BCUT2D eigenvalue weighted by atomic mass is 10.1. The van der Waals surface area contributed by atoms with Crippen LogP contribution in [0.1, 0.15) is 12.5 Å². The molecule has 1 fully saturated rings. The second-order valence-corrected chi connectivity index (χ2v) is 7.40. The van der Waals surface area contributed by atoms with E-state index >= 15 is 0 Å². The molecule has 1 aromatic heterocycles. The highest BCUT2D eigenvalue weighted by atomic mass is 16.5. The molecule has 0 atom stereocenters. The number of anilines is 4. The first-order chi connectivity index (χ1) is 16.2. The number of hydrogen-bond donors (Lipinski definition) is 2. The smallest absolute Gasteiger partial charge is 0.250 e. The van der Waals surface area contributed by atoms with Gasteiger partial charge in [0.1, 0.15) is 5.75 Å². The summed E-state index contributed by atoms with van der Waals surface area (Å²) in [5.74, 6) is 2.12. The Morgan fingerprint density at radius 2 is 1.73 bits per heavy atom. The largest absolute Gasteiger partial charge is 0.497 e. The van der Waals surface area contributed by atoms with E-state index in [0.29, 0.717) is 44.1 Å². The van der Waals surface area contributed by atoms with Gasteiger partial charge in [-0.2, -0.15) is 20.1 Å². The number of rotatable bonds is 8. The Morgan fingerprint density at radius 1 is 1.00 bits per heavy atom. The van der Waals surface area contributed by atoms with Crippen LogP contribution in [0.2, 0.25) is 0 Å². The molecule has 1 saturated heterocycles. The molecular weight excluding hydrogens is 418 g/mol. The summed E-state index contributed by atoms with van der Waals surface area (Å²) in [6.45, 7) is 4.69. The minimum absolute atomic E-state index is 0.353. The molecule has 3 aromatic rings. The summed E-state index contributed by atoms with van der Waals surface area (Å²) in [6.07, 6.45) is 3.79. The standard InChI is InChI=1S/C24H27N7O2/c1-18(16-19-6-4-3-5-7-19)17-25-30-23-27-22(26-20-8-10-21(32-2)11-9-20)28-24(29-23)31-12-14-33-15-13-31/h3-11,16-17H,12-15H2,1-2H3,(H2,26,27,28,29,30)/b18-16+,25-17+. The Bertz CT molecular complexity index is 1100. The van der Waals surface area contributed by atoms with Crippen molar-refractivity contribution in [2.75, 3.05) is 49.1 Å². The van der Waals surface area contributed by atoms with Gasteiger partial charge in [-0.1, -0.05) is 36.4 Å². The Labute approximate surface area is 193 Å². The van der Waals surface area contributed by atoms with Crippen molar-refractivity contribution in [2.45, 2.75) is 6.92 Å². The average molecular weight is 446 g/mol. The van der Waals surface area contributed by atoms with Crippen LogP contribution in [0.25, 0.3) is 6.08 Å². The van der Waals surface area contributed by atoms with Gasteiger partial charge in [0.15, 0.2) is 0 Å². The van der Waals surface area contributed by atoms with Crippen LogP contribution in [0.15, 0.2) is 65.3 Å². The molecule has 33 heavy (non-hydrogen) atoms. The zero-order valence-corrected chi connectivity index (χ0v) is 18.7. The van der Waals surface area contributed by atoms with Crippen molar-refractivity contribution in [3.63, 3.8) is 0 Å². The third-order valence-electron chi connectivity index (χ3n) is 4.89. The number of methoxy groups -OCH3 is 1. The first-order valence-corrected chi connectivity index (χ1v) is 10.7. The van der Waals surface area contributed by atoms with Crippen LogP contribution in [0.5, 0.6) is 5.75 Å². The summed E-state index contributed by atoms with van der Waals surface area (Å²) in [5.41, 5.74) is 5.88. The van der Waals surface area contributed by atoms with Gasteiger partial charge in [0, 0.05) is 18.8 Å². The van der Waals surface area contributed by atoms with Crippen LogP contribution in [-0.2, 0) is 4.74 Å². The average Bonchev–Trinajstić information content (AvgIpc) is 2.85. The maximum Gasteiger partial charge on any atom is 0.250 e. The van der Waals surface area contributed by atoms with E-state index in [1.807, 2.05) is 61.5 Å². The van der Waals surface area contributed by atoms with E-state index in [2.05, 4.69) is 41.8 Å². The highest BCUT2D eigenvalue weighted by Gasteiger charge is 2.16. The van der Waals surface area contributed by atoms with E-state index in [9.17, 15) is 0 Å². The molecule has 1 aliphatic heterocycles. The number of morpholine rings is 1. The monoisotopic (exact) mass is 445 g/mol. The molecule has 0 saturated carbocycles. The van der Waals surface area contributed by atoms with Gasteiger partial charge in [-0.05, 0) is 42.3 Å². The third-order valence-corrected chi connectivity index (χ3v) is 4.89. The molecule has 9 nitrogen and oxygen atoms in total. The molecule has 9 heteroatoms. The second-order valence-electron chi connectivity index (χ2n) is 7.40. The lowest BCUT2D eigenvalue weighted by Gasteiger charge is -2.27. The van der Waals surface area contributed by atoms with Crippen molar-refractivity contribution in [1.82, 2.24) is 15.0 Å². The minimum Gasteiger partial charge on any atom is -0.497 e.